The minimum atomic E-state index is -5.01. The van der Waals surface area contributed by atoms with Gasteiger partial charge in [-0.25, -0.2) is 4.98 Å². The van der Waals surface area contributed by atoms with E-state index >= 15 is 0 Å². The van der Waals surface area contributed by atoms with Crippen molar-refractivity contribution in [2.24, 2.45) is 0 Å². The average Bonchev–Trinajstić information content (AvgIpc) is 3.27. The number of halogens is 6. The summed E-state index contributed by atoms with van der Waals surface area (Å²) in [7, 11) is 0. The number of aromatic nitrogens is 2. The van der Waals surface area contributed by atoms with Gasteiger partial charge in [0.05, 0.1) is 11.1 Å². The Labute approximate surface area is 201 Å². The van der Waals surface area contributed by atoms with E-state index in [0.717, 1.165) is 11.1 Å². The van der Waals surface area contributed by atoms with Crippen molar-refractivity contribution >= 4 is 22.6 Å². The number of hydrogen-bond donors (Lipinski definition) is 0. The molecule has 0 unspecified atom stereocenters. The van der Waals surface area contributed by atoms with Crippen LogP contribution < -0.4 is 4.90 Å². The molecule has 186 valence electrons. The van der Waals surface area contributed by atoms with Gasteiger partial charge in [0, 0.05) is 49.7 Å². The summed E-state index contributed by atoms with van der Waals surface area (Å²) in [5.74, 6) is -0.227. The Balaban J connectivity index is 1.43. The lowest BCUT2D eigenvalue weighted by Crippen LogP contribution is -2.48. The molecule has 1 aromatic heterocycles. The standard InChI is InChI=1S/C23H20F6N4OS/c1-14-2-4-15(5-3-14)10-19-30-21(35-31-19)33-8-6-32(7-9-33)20(34)16-11-17(22(24,25)26)13-18(12-16)23(27,28)29/h2-5,11-13H,6-10H2,1H3. The van der Waals surface area contributed by atoms with Gasteiger partial charge in [-0.3, -0.25) is 4.79 Å². The van der Waals surface area contributed by atoms with Gasteiger partial charge in [0.25, 0.3) is 5.91 Å². The quantitative estimate of drug-likeness (QED) is 0.436. The smallest absolute Gasteiger partial charge is 0.343 e. The van der Waals surface area contributed by atoms with Gasteiger partial charge in [-0.1, -0.05) is 29.8 Å². The molecule has 1 aliphatic rings. The second kappa shape index (κ2) is 9.48. The van der Waals surface area contributed by atoms with Gasteiger partial charge < -0.3 is 9.80 Å². The van der Waals surface area contributed by atoms with E-state index in [1.165, 1.54) is 16.4 Å². The van der Waals surface area contributed by atoms with Crippen molar-refractivity contribution in [3.05, 3.63) is 76.1 Å². The molecule has 3 aromatic rings. The van der Waals surface area contributed by atoms with Crippen LogP contribution in [0.5, 0.6) is 0 Å². The second-order valence-corrected chi connectivity index (χ2v) is 8.96. The van der Waals surface area contributed by atoms with Gasteiger partial charge in [0.1, 0.15) is 5.82 Å². The fraction of sp³-hybridized carbons (Fsp3) is 0.348. The van der Waals surface area contributed by atoms with Crippen LogP contribution >= 0.6 is 11.5 Å². The van der Waals surface area contributed by atoms with Crippen LogP contribution in [0.25, 0.3) is 0 Å². The molecule has 12 heteroatoms. The molecule has 0 saturated carbocycles. The van der Waals surface area contributed by atoms with Gasteiger partial charge in [-0.15, -0.1) is 0 Å². The third kappa shape index (κ3) is 5.92. The SMILES string of the molecule is Cc1ccc(Cc2nsc(N3CCN(C(=O)c4cc(C(F)(F)F)cc(C(F)(F)F)c4)CC3)n2)cc1. The lowest BCUT2D eigenvalue weighted by Gasteiger charge is -2.34. The van der Waals surface area contributed by atoms with Crippen molar-refractivity contribution in [2.75, 3.05) is 31.1 Å². The van der Waals surface area contributed by atoms with E-state index < -0.39 is 35.0 Å². The van der Waals surface area contributed by atoms with Crippen molar-refractivity contribution in [2.45, 2.75) is 25.7 Å². The molecule has 1 aliphatic heterocycles. The van der Waals surface area contributed by atoms with Gasteiger partial charge >= 0.3 is 12.4 Å². The number of benzene rings is 2. The highest BCUT2D eigenvalue weighted by Gasteiger charge is 2.38. The zero-order chi connectivity index (χ0) is 25.4. The van der Waals surface area contributed by atoms with Crippen LogP contribution in [0.15, 0.2) is 42.5 Å². The molecule has 0 atom stereocenters. The molecule has 0 N–H and O–H groups in total. The maximum atomic E-state index is 13.1. The Morgan fingerprint density at radius 2 is 1.49 bits per heavy atom. The zero-order valence-corrected chi connectivity index (χ0v) is 19.3. The molecule has 0 radical (unpaired) electrons. The Bertz CT molecular complexity index is 1170. The molecular weight excluding hydrogens is 494 g/mol. The second-order valence-electron chi connectivity index (χ2n) is 8.23. The van der Waals surface area contributed by atoms with Gasteiger partial charge in [-0.05, 0) is 30.7 Å². The molecule has 1 fully saturated rings. The number of anilines is 1. The molecule has 5 nitrogen and oxygen atoms in total. The summed E-state index contributed by atoms with van der Waals surface area (Å²) >= 11 is 1.21. The molecule has 1 amide bonds. The van der Waals surface area contributed by atoms with Crippen LogP contribution in [0.2, 0.25) is 0 Å². The van der Waals surface area contributed by atoms with E-state index in [2.05, 4.69) is 9.36 Å². The number of nitrogens with zero attached hydrogens (tertiary/aromatic N) is 4. The number of alkyl halides is 6. The molecular formula is C23H20F6N4OS. The summed E-state index contributed by atoms with van der Waals surface area (Å²) in [6.07, 6.45) is -9.46. The fourth-order valence-corrected chi connectivity index (χ4v) is 4.43. The number of hydrogen-bond acceptors (Lipinski definition) is 5. The Kier molecular flexibility index (Phi) is 6.76. The molecule has 1 saturated heterocycles. The number of carbonyl (C=O) groups excluding carboxylic acids is 1. The molecule has 4 rings (SSSR count). The lowest BCUT2D eigenvalue weighted by atomic mass is 10.0. The molecule has 0 bridgehead atoms. The third-order valence-corrected chi connectivity index (χ3v) is 6.43. The van der Waals surface area contributed by atoms with Gasteiger partial charge in [-0.2, -0.15) is 30.7 Å². The first-order valence-corrected chi connectivity index (χ1v) is 11.4. The van der Waals surface area contributed by atoms with Crippen LogP contribution in [-0.4, -0.2) is 46.3 Å². The maximum absolute atomic E-state index is 13.1. The molecule has 2 heterocycles. The number of amides is 1. The largest absolute Gasteiger partial charge is 0.416 e. The summed E-state index contributed by atoms with van der Waals surface area (Å²) in [6, 6.07) is 8.94. The first kappa shape index (κ1) is 25.0. The summed E-state index contributed by atoms with van der Waals surface area (Å²) in [5, 5.41) is 0.651. The fourth-order valence-electron chi connectivity index (χ4n) is 3.70. The van der Waals surface area contributed by atoms with Gasteiger partial charge in [0.15, 0.2) is 0 Å². The van der Waals surface area contributed by atoms with E-state index in [4.69, 9.17) is 0 Å². The van der Waals surface area contributed by atoms with E-state index in [1.807, 2.05) is 36.1 Å². The third-order valence-electron chi connectivity index (χ3n) is 5.61. The lowest BCUT2D eigenvalue weighted by molar-refractivity contribution is -0.143. The minimum absolute atomic E-state index is 0.0123. The Morgan fingerprint density at radius 3 is 2.03 bits per heavy atom. The van der Waals surface area contributed by atoms with E-state index in [-0.39, 0.29) is 19.2 Å². The maximum Gasteiger partial charge on any atom is 0.416 e. The summed E-state index contributed by atoms with van der Waals surface area (Å²) in [4.78, 5) is 20.5. The number of aryl methyl sites for hydroxylation is 1. The highest BCUT2D eigenvalue weighted by Crippen LogP contribution is 2.36. The number of piperazine rings is 1. The van der Waals surface area contributed by atoms with Crippen LogP contribution in [0.3, 0.4) is 0 Å². The highest BCUT2D eigenvalue weighted by molar-refractivity contribution is 7.09. The first-order chi connectivity index (χ1) is 16.4. The Morgan fingerprint density at radius 1 is 0.914 bits per heavy atom. The molecule has 2 aromatic carbocycles. The van der Waals surface area contributed by atoms with Crippen LogP contribution in [0, 0.1) is 6.92 Å². The predicted molar refractivity (Wildman–Crippen MR) is 118 cm³/mol. The molecule has 0 spiro atoms. The van der Waals surface area contributed by atoms with Crippen LogP contribution in [-0.2, 0) is 18.8 Å². The van der Waals surface area contributed by atoms with Crippen LogP contribution in [0.1, 0.15) is 38.4 Å². The zero-order valence-electron chi connectivity index (χ0n) is 18.5. The van der Waals surface area contributed by atoms with E-state index in [9.17, 15) is 31.1 Å². The topological polar surface area (TPSA) is 49.3 Å². The van der Waals surface area contributed by atoms with Crippen molar-refractivity contribution in [3.63, 3.8) is 0 Å². The first-order valence-electron chi connectivity index (χ1n) is 10.6. The number of rotatable bonds is 4. The van der Waals surface area contributed by atoms with Crippen molar-refractivity contribution in [1.82, 2.24) is 14.3 Å². The van der Waals surface area contributed by atoms with E-state index in [1.54, 1.807) is 0 Å². The summed E-state index contributed by atoms with van der Waals surface area (Å²) in [6.45, 7) is 2.91. The predicted octanol–water partition coefficient (Wildman–Crippen LogP) is 5.44. The summed E-state index contributed by atoms with van der Waals surface area (Å²) in [5.41, 5.74) is -1.45. The number of carbonyl (C=O) groups is 1. The van der Waals surface area contributed by atoms with E-state index in [0.29, 0.717) is 42.6 Å². The highest BCUT2D eigenvalue weighted by atomic mass is 32.1. The average molecular weight is 514 g/mol. The normalized spacial score (nSPS) is 14.9. The molecule has 35 heavy (non-hydrogen) atoms. The van der Waals surface area contributed by atoms with Crippen molar-refractivity contribution in [3.8, 4) is 0 Å². The Hall–Kier alpha value is -3.15. The van der Waals surface area contributed by atoms with Crippen LogP contribution in [0.4, 0.5) is 31.5 Å². The van der Waals surface area contributed by atoms with Crippen molar-refractivity contribution < 1.29 is 31.1 Å². The van der Waals surface area contributed by atoms with Crippen molar-refractivity contribution in [1.29, 1.82) is 0 Å². The van der Waals surface area contributed by atoms with Gasteiger partial charge in [0.2, 0.25) is 5.13 Å². The monoisotopic (exact) mass is 514 g/mol. The minimum Gasteiger partial charge on any atom is -0.343 e. The summed E-state index contributed by atoms with van der Waals surface area (Å²) < 4.78 is 83.1. The molecule has 0 aliphatic carbocycles.